The molecule has 1 aromatic heterocycles. The number of nitrogens with zero attached hydrogens (tertiary/aromatic N) is 1. The van der Waals surface area contributed by atoms with Gasteiger partial charge in [0.2, 0.25) is 10.0 Å². The molecule has 114 valence electrons. The zero-order valence-electron chi connectivity index (χ0n) is 11.6. The number of benzene rings is 1. The first kappa shape index (κ1) is 16.3. The average Bonchev–Trinajstić information content (AvgIpc) is 2.73. The molecule has 2 aromatic rings. The van der Waals surface area contributed by atoms with E-state index in [0.29, 0.717) is 11.4 Å². The number of aromatic amines is 1. The standard InChI is InChI=1S/C13H15Cl2N3O2S/c1-8-11(9(2)18-17-8)5-6-16-21(19,20)10-3-4-12(14)13(15)7-10/h3-4,7,16H,5-6H2,1-2H3,(H,17,18). The molecule has 0 unspecified atom stereocenters. The zero-order chi connectivity index (χ0) is 15.6. The molecule has 0 saturated heterocycles. The van der Waals surface area contributed by atoms with Crippen LogP contribution in [0, 0.1) is 13.8 Å². The van der Waals surface area contributed by atoms with Crippen molar-refractivity contribution in [1.82, 2.24) is 14.9 Å². The summed E-state index contributed by atoms with van der Waals surface area (Å²) in [5.74, 6) is 0. The molecule has 1 heterocycles. The Morgan fingerprint density at radius 2 is 1.95 bits per heavy atom. The van der Waals surface area contributed by atoms with Crippen LogP contribution < -0.4 is 4.72 Å². The van der Waals surface area contributed by atoms with Crippen molar-refractivity contribution >= 4 is 33.2 Å². The fourth-order valence-electron chi connectivity index (χ4n) is 1.98. The number of aromatic nitrogens is 2. The van der Waals surface area contributed by atoms with Crippen molar-refractivity contribution in [3.8, 4) is 0 Å². The van der Waals surface area contributed by atoms with Crippen molar-refractivity contribution < 1.29 is 8.42 Å². The minimum Gasteiger partial charge on any atom is -0.282 e. The van der Waals surface area contributed by atoms with Gasteiger partial charge in [-0.1, -0.05) is 23.2 Å². The van der Waals surface area contributed by atoms with E-state index in [4.69, 9.17) is 23.2 Å². The first-order valence-electron chi connectivity index (χ1n) is 6.26. The molecule has 0 aliphatic heterocycles. The summed E-state index contributed by atoms with van der Waals surface area (Å²) in [5.41, 5.74) is 2.84. The van der Waals surface area contributed by atoms with E-state index >= 15 is 0 Å². The summed E-state index contributed by atoms with van der Waals surface area (Å²) < 4.78 is 26.9. The Labute approximate surface area is 133 Å². The van der Waals surface area contributed by atoms with Gasteiger partial charge in [-0.05, 0) is 44.0 Å². The number of nitrogens with one attached hydrogen (secondary N) is 2. The summed E-state index contributed by atoms with van der Waals surface area (Å²) in [7, 11) is -3.60. The number of H-pyrrole nitrogens is 1. The molecule has 1 aromatic carbocycles. The summed E-state index contributed by atoms with van der Waals surface area (Å²) in [6.45, 7) is 4.07. The van der Waals surface area contributed by atoms with Crippen LogP contribution in [-0.4, -0.2) is 25.2 Å². The Bertz CT molecular complexity index is 737. The molecule has 2 N–H and O–H groups in total. The average molecular weight is 348 g/mol. The Balaban J connectivity index is 2.06. The van der Waals surface area contributed by atoms with Gasteiger partial charge < -0.3 is 0 Å². The summed E-state index contributed by atoms with van der Waals surface area (Å²) in [6.07, 6.45) is 0.564. The molecule has 8 heteroatoms. The summed E-state index contributed by atoms with van der Waals surface area (Å²) in [6, 6.07) is 4.22. The normalized spacial score (nSPS) is 11.8. The van der Waals surface area contributed by atoms with Crippen LogP contribution in [0.15, 0.2) is 23.1 Å². The molecular weight excluding hydrogens is 333 g/mol. The number of sulfonamides is 1. The van der Waals surface area contributed by atoms with Crippen LogP contribution in [0.3, 0.4) is 0 Å². The molecule has 2 rings (SSSR count). The van der Waals surface area contributed by atoms with E-state index in [1.807, 2.05) is 13.8 Å². The first-order chi connectivity index (χ1) is 9.81. The number of aryl methyl sites for hydroxylation is 2. The van der Waals surface area contributed by atoms with Crippen molar-refractivity contribution in [3.63, 3.8) is 0 Å². The lowest BCUT2D eigenvalue weighted by Gasteiger charge is -2.08. The molecule has 0 saturated carbocycles. The van der Waals surface area contributed by atoms with E-state index in [0.717, 1.165) is 17.0 Å². The quantitative estimate of drug-likeness (QED) is 0.873. The molecule has 0 aliphatic carbocycles. The molecule has 21 heavy (non-hydrogen) atoms. The monoisotopic (exact) mass is 347 g/mol. The van der Waals surface area contributed by atoms with E-state index in [1.54, 1.807) is 0 Å². The second-order valence-electron chi connectivity index (χ2n) is 4.64. The zero-order valence-corrected chi connectivity index (χ0v) is 13.9. The molecule has 0 bridgehead atoms. The van der Waals surface area contributed by atoms with Gasteiger partial charge in [0.05, 0.1) is 20.6 Å². The Morgan fingerprint density at radius 3 is 2.52 bits per heavy atom. The summed E-state index contributed by atoms with van der Waals surface area (Å²) >= 11 is 11.6. The maximum Gasteiger partial charge on any atom is 0.240 e. The highest BCUT2D eigenvalue weighted by Crippen LogP contribution is 2.24. The molecule has 5 nitrogen and oxygen atoms in total. The van der Waals surface area contributed by atoms with Crippen molar-refractivity contribution in [2.45, 2.75) is 25.2 Å². The molecule has 0 spiro atoms. The number of rotatable bonds is 5. The van der Waals surface area contributed by atoms with Gasteiger partial charge in [0.15, 0.2) is 0 Å². The Kier molecular flexibility index (Phi) is 4.93. The maximum absolute atomic E-state index is 12.2. The predicted octanol–water partition coefficient (Wildman–Crippen LogP) is 2.85. The maximum atomic E-state index is 12.2. The molecule has 0 amide bonds. The largest absolute Gasteiger partial charge is 0.282 e. The first-order valence-corrected chi connectivity index (χ1v) is 8.50. The van der Waals surface area contributed by atoms with Gasteiger partial charge in [0.25, 0.3) is 0 Å². The van der Waals surface area contributed by atoms with Crippen LogP contribution in [0.25, 0.3) is 0 Å². The minimum absolute atomic E-state index is 0.0949. The highest BCUT2D eigenvalue weighted by molar-refractivity contribution is 7.89. The second kappa shape index (κ2) is 6.36. The summed E-state index contributed by atoms with van der Waals surface area (Å²) in [5, 5.41) is 7.48. The third-order valence-electron chi connectivity index (χ3n) is 3.15. The van der Waals surface area contributed by atoms with Crippen LogP contribution in [0.2, 0.25) is 10.0 Å². The van der Waals surface area contributed by atoms with E-state index in [9.17, 15) is 8.42 Å². The number of halogens is 2. The fourth-order valence-corrected chi connectivity index (χ4v) is 3.40. The van der Waals surface area contributed by atoms with Gasteiger partial charge in [-0.25, -0.2) is 13.1 Å². The van der Waals surface area contributed by atoms with Crippen LogP contribution >= 0.6 is 23.2 Å². The van der Waals surface area contributed by atoms with Crippen LogP contribution in [-0.2, 0) is 16.4 Å². The highest BCUT2D eigenvalue weighted by Gasteiger charge is 2.15. The van der Waals surface area contributed by atoms with E-state index < -0.39 is 10.0 Å². The molecule has 0 radical (unpaired) electrons. The van der Waals surface area contributed by atoms with Gasteiger partial charge in [0, 0.05) is 12.2 Å². The number of hydrogen-bond donors (Lipinski definition) is 2. The summed E-state index contributed by atoms with van der Waals surface area (Å²) in [4.78, 5) is 0.0949. The third-order valence-corrected chi connectivity index (χ3v) is 5.35. The second-order valence-corrected chi connectivity index (χ2v) is 7.22. The van der Waals surface area contributed by atoms with Gasteiger partial charge >= 0.3 is 0 Å². The predicted molar refractivity (Wildman–Crippen MR) is 83.4 cm³/mol. The smallest absolute Gasteiger partial charge is 0.240 e. The van der Waals surface area contributed by atoms with Crippen LogP contribution in [0.4, 0.5) is 0 Å². The molecule has 0 atom stereocenters. The van der Waals surface area contributed by atoms with Gasteiger partial charge in [0.1, 0.15) is 0 Å². The lowest BCUT2D eigenvalue weighted by Crippen LogP contribution is -2.26. The molecule has 0 aliphatic rings. The lowest BCUT2D eigenvalue weighted by molar-refractivity contribution is 0.581. The Hall–Kier alpha value is -1.08. The minimum atomic E-state index is -3.60. The van der Waals surface area contributed by atoms with Crippen molar-refractivity contribution in [3.05, 3.63) is 45.2 Å². The van der Waals surface area contributed by atoms with Crippen molar-refractivity contribution in [1.29, 1.82) is 0 Å². The SMILES string of the molecule is Cc1n[nH]c(C)c1CCNS(=O)(=O)c1ccc(Cl)c(Cl)c1. The Morgan fingerprint density at radius 1 is 1.24 bits per heavy atom. The lowest BCUT2D eigenvalue weighted by atomic mass is 10.1. The van der Waals surface area contributed by atoms with E-state index in [-0.39, 0.29) is 16.5 Å². The van der Waals surface area contributed by atoms with Gasteiger partial charge in [-0.3, -0.25) is 5.10 Å². The third kappa shape index (κ3) is 3.77. The number of hydrogen-bond acceptors (Lipinski definition) is 3. The highest BCUT2D eigenvalue weighted by atomic mass is 35.5. The van der Waals surface area contributed by atoms with Gasteiger partial charge in [-0.2, -0.15) is 5.10 Å². The fraction of sp³-hybridized carbons (Fsp3) is 0.308. The molecular formula is C13H15Cl2N3O2S. The molecule has 0 fully saturated rings. The van der Waals surface area contributed by atoms with Crippen LogP contribution in [0.5, 0.6) is 0 Å². The van der Waals surface area contributed by atoms with E-state index in [1.165, 1.54) is 18.2 Å². The van der Waals surface area contributed by atoms with Crippen LogP contribution in [0.1, 0.15) is 17.0 Å². The van der Waals surface area contributed by atoms with Crippen molar-refractivity contribution in [2.24, 2.45) is 0 Å². The topological polar surface area (TPSA) is 74.8 Å². The van der Waals surface area contributed by atoms with Gasteiger partial charge in [-0.15, -0.1) is 0 Å². The van der Waals surface area contributed by atoms with E-state index in [2.05, 4.69) is 14.9 Å². The van der Waals surface area contributed by atoms with Crippen molar-refractivity contribution in [2.75, 3.05) is 6.54 Å².